The molecule has 0 spiro atoms. The fourth-order valence-electron chi connectivity index (χ4n) is 3.12. The minimum atomic E-state index is -0.200. The zero-order valence-corrected chi connectivity index (χ0v) is 18.2. The maximum Gasteiger partial charge on any atom is 0.233 e. The molecule has 0 aliphatic heterocycles. The van der Waals surface area contributed by atoms with Crippen LogP contribution in [0.4, 0.5) is 0 Å². The SMILES string of the molecule is CCN(CC(C)C#N)C(=O)CSc1nnc(-c2ccccc2C)n1Cc1ccco1. The summed E-state index contributed by atoms with van der Waals surface area (Å²) in [6.07, 6.45) is 1.64. The van der Waals surface area contributed by atoms with Crippen LogP contribution in [0.5, 0.6) is 0 Å². The van der Waals surface area contributed by atoms with Gasteiger partial charge in [0.1, 0.15) is 5.76 Å². The number of carbonyl (C=O) groups excluding carboxylic acids is 1. The van der Waals surface area contributed by atoms with Gasteiger partial charge in [-0.3, -0.25) is 9.36 Å². The molecule has 2 heterocycles. The summed E-state index contributed by atoms with van der Waals surface area (Å²) in [6.45, 7) is 7.25. The molecule has 0 saturated heterocycles. The molecule has 0 fully saturated rings. The fourth-order valence-corrected chi connectivity index (χ4v) is 3.96. The Balaban J connectivity index is 1.83. The van der Waals surface area contributed by atoms with Crippen molar-refractivity contribution >= 4 is 17.7 Å². The van der Waals surface area contributed by atoms with E-state index in [-0.39, 0.29) is 17.6 Å². The minimum absolute atomic E-state index is 0.0189. The topological polar surface area (TPSA) is 88.0 Å². The second-order valence-electron chi connectivity index (χ2n) is 7.04. The Morgan fingerprint density at radius 2 is 2.10 bits per heavy atom. The van der Waals surface area contributed by atoms with Crippen molar-refractivity contribution in [2.45, 2.75) is 32.5 Å². The van der Waals surface area contributed by atoms with Crippen LogP contribution in [-0.4, -0.2) is 44.4 Å². The van der Waals surface area contributed by atoms with Gasteiger partial charge in [-0.05, 0) is 38.5 Å². The van der Waals surface area contributed by atoms with Crippen LogP contribution < -0.4 is 0 Å². The molecule has 0 radical (unpaired) electrons. The third kappa shape index (κ3) is 5.10. The first-order valence-electron chi connectivity index (χ1n) is 9.85. The molecule has 1 atom stereocenters. The van der Waals surface area contributed by atoms with Crippen molar-refractivity contribution in [1.29, 1.82) is 5.26 Å². The molecule has 156 valence electrons. The zero-order valence-electron chi connectivity index (χ0n) is 17.4. The highest BCUT2D eigenvalue weighted by Gasteiger charge is 2.20. The summed E-state index contributed by atoms with van der Waals surface area (Å²) in [5.41, 5.74) is 2.09. The van der Waals surface area contributed by atoms with Crippen LogP contribution in [0.1, 0.15) is 25.2 Å². The first kappa shape index (κ1) is 21.7. The molecule has 0 N–H and O–H groups in total. The smallest absolute Gasteiger partial charge is 0.233 e. The summed E-state index contributed by atoms with van der Waals surface area (Å²) in [5.74, 6) is 1.54. The maximum absolute atomic E-state index is 12.7. The lowest BCUT2D eigenvalue weighted by atomic mass is 10.1. The first-order valence-corrected chi connectivity index (χ1v) is 10.8. The molecule has 0 bridgehead atoms. The Morgan fingerprint density at radius 1 is 1.30 bits per heavy atom. The number of aromatic nitrogens is 3. The summed E-state index contributed by atoms with van der Waals surface area (Å²) in [4.78, 5) is 14.4. The quantitative estimate of drug-likeness (QED) is 0.484. The summed E-state index contributed by atoms with van der Waals surface area (Å²) < 4.78 is 7.51. The molecule has 0 aliphatic rings. The van der Waals surface area contributed by atoms with E-state index in [1.165, 1.54) is 11.8 Å². The number of carbonyl (C=O) groups is 1. The Bertz CT molecular complexity index is 1020. The van der Waals surface area contributed by atoms with Gasteiger partial charge in [0.15, 0.2) is 11.0 Å². The van der Waals surface area contributed by atoms with E-state index in [4.69, 9.17) is 9.68 Å². The summed E-state index contributed by atoms with van der Waals surface area (Å²) in [7, 11) is 0. The minimum Gasteiger partial charge on any atom is -0.467 e. The van der Waals surface area contributed by atoms with Crippen molar-refractivity contribution in [3.8, 4) is 17.5 Å². The fraction of sp³-hybridized carbons (Fsp3) is 0.364. The monoisotopic (exact) mass is 423 g/mol. The highest BCUT2D eigenvalue weighted by Crippen LogP contribution is 2.27. The standard InChI is InChI=1S/C22H25N5O2S/c1-4-26(13-16(2)12-23)20(28)15-30-22-25-24-21(19-10-6-5-8-17(19)3)27(22)14-18-9-7-11-29-18/h5-11,16H,4,13-15H2,1-3H3. The zero-order chi connectivity index (χ0) is 21.5. The van der Waals surface area contributed by atoms with Gasteiger partial charge in [-0.1, -0.05) is 36.0 Å². The number of hydrogen-bond acceptors (Lipinski definition) is 6. The molecule has 3 aromatic rings. The van der Waals surface area contributed by atoms with Crippen molar-refractivity contribution < 1.29 is 9.21 Å². The highest BCUT2D eigenvalue weighted by atomic mass is 32.2. The highest BCUT2D eigenvalue weighted by molar-refractivity contribution is 7.99. The van der Waals surface area contributed by atoms with Gasteiger partial charge in [0, 0.05) is 18.7 Å². The van der Waals surface area contributed by atoms with Gasteiger partial charge in [-0.25, -0.2) is 0 Å². The Hall–Kier alpha value is -3.05. The predicted octanol–water partition coefficient (Wildman–Crippen LogP) is 4.00. The van der Waals surface area contributed by atoms with E-state index in [9.17, 15) is 4.79 Å². The van der Waals surface area contributed by atoms with Crippen LogP contribution in [-0.2, 0) is 11.3 Å². The maximum atomic E-state index is 12.7. The molecule has 0 aliphatic carbocycles. The number of nitriles is 1. The number of amides is 1. The summed E-state index contributed by atoms with van der Waals surface area (Å²) in [5, 5.41) is 18.5. The van der Waals surface area contributed by atoms with Gasteiger partial charge in [-0.2, -0.15) is 5.26 Å². The van der Waals surface area contributed by atoms with E-state index >= 15 is 0 Å². The number of hydrogen-bond donors (Lipinski definition) is 0. The molecule has 1 unspecified atom stereocenters. The molecule has 0 saturated carbocycles. The predicted molar refractivity (Wildman–Crippen MR) is 116 cm³/mol. The van der Waals surface area contributed by atoms with E-state index in [0.717, 1.165) is 22.7 Å². The van der Waals surface area contributed by atoms with Gasteiger partial charge in [0.2, 0.25) is 5.91 Å². The molecular formula is C22H25N5O2S. The summed E-state index contributed by atoms with van der Waals surface area (Å²) >= 11 is 1.35. The third-order valence-electron chi connectivity index (χ3n) is 4.77. The van der Waals surface area contributed by atoms with Crippen LogP contribution in [0.2, 0.25) is 0 Å². The van der Waals surface area contributed by atoms with Gasteiger partial charge in [0.05, 0.1) is 30.5 Å². The van der Waals surface area contributed by atoms with E-state index < -0.39 is 0 Å². The summed E-state index contributed by atoms with van der Waals surface area (Å²) in [6, 6.07) is 13.9. The van der Waals surface area contributed by atoms with Crippen LogP contribution in [0.15, 0.2) is 52.2 Å². The van der Waals surface area contributed by atoms with Gasteiger partial charge in [0.25, 0.3) is 0 Å². The largest absolute Gasteiger partial charge is 0.467 e. The lowest BCUT2D eigenvalue weighted by molar-refractivity contribution is -0.128. The van der Waals surface area contributed by atoms with Gasteiger partial charge < -0.3 is 9.32 Å². The number of nitrogens with zero attached hydrogens (tertiary/aromatic N) is 5. The second-order valence-corrected chi connectivity index (χ2v) is 7.98. The van der Waals surface area contributed by atoms with Crippen LogP contribution in [0, 0.1) is 24.2 Å². The number of aryl methyl sites for hydroxylation is 1. The van der Waals surface area contributed by atoms with Crippen LogP contribution >= 0.6 is 11.8 Å². The van der Waals surface area contributed by atoms with Crippen molar-refractivity contribution in [1.82, 2.24) is 19.7 Å². The van der Waals surface area contributed by atoms with E-state index in [1.54, 1.807) is 11.2 Å². The lowest BCUT2D eigenvalue weighted by Crippen LogP contribution is -2.35. The van der Waals surface area contributed by atoms with Crippen molar-refractivity contribution in [2.75, 3.05) is 18.8 Å². The van der Waals surface area contributed by atoms with Crippen LogP contribution in [0.3, 0.4) is 0 Å². The molecular weight excluding hydrogens is 398 g/mol. The Morgan fingerprint density at radius 3 is 2.77 bits per heavy atom. The van der Waals surface area contributed by atoms with E-state index in [2.05, 4.69) is 16.3 Å². The third-order valence-corrected chi connectivity index (χ3v) is 5.72. The Labute approximate surface area is 180 Å². The molecule has 7 nitrogen and oxygen atoms in total. The number of rotatable bonds is 9. The van der Waals surface area contributed by atoms with Gasteiger partial charge >= 0.3 is 0 Å². The normalized spacial score (nSPS) is 11.8. The molecule has 1 amide bonds. The number of thioether (sulfide) groups is 1. The average Bonchev–Trinajstić information content (AvgIpc) is 3.41. The average molecular weight is 424 g/mol. The lowest BCUT2D eigenvalue weighted by Gasteiger charge is -2.21. The second kappa shape index (κ2) is 10.1. The molecule has 2 aromatic heterocycles. The van der Waals surface area contributed by atoms with Crippen molar-refractivity contribution in [3.63, 3.8) is 0 Å². The first-order chi connectivity index (χ1) is 14.5. The number of furan rings is 1. The van der Waals surface area contributed by atoms with Gasteiger partial charge in [-0.15, -0.1) is 10.2 Å². The van der Waals surface area contributed by atoms with Crippen LogP contribution in [0.25, 0.3) is 11.4 Å². The molecule has 30 heavy (non-hydrogen) atoms. The van der Waals surface area contributed by atoms with E-state index in [0.29, 0.717) is 24.8 Å². The molecule has 8 heteroatoms. The Kier molecular flexibility index (Phi) is 7.31. The molecule has 3 rings (SSSR count). The molecule has 1 aromatic carbocycles. The van der Waals surface area contributed by atoms with E-state index in [1.807, 2.05) is 61.7 Å². The van der Waals surface area contributed by atoms with Crippen molar-refractivity contribution in [2.24, 2.45) is 5.92 Å². The number of benzene rings is 1. The van der Waals surface area contributed by atoms with Crippen molar-refractivity contribution in [3.05, 3.63) is 54.0 Å².